The van der Waals surface area contributed by atoms with Crippen molar-refractivity contribution in [2.75, 3.05) is 5.73 Å². The molecule has 0 aliphatic carbocycles. The lowest BCUT2D eigenvalue weighted by Crippen LogP contribution is -2.32. The highest BCUT2D eigenvalue weighted by atomic mass is 19.1. The summed E-state index contributed by atoms with van der Waals surface area (Å²) in [5, 5.41) is 0. The summed E-state index contributed by atoms with van der Waals surface area (Å²) in [5.41, 5.74) is 5.31. The van der Waals surface area contributed by atoms with Crippen LogP contribution in [0, 0.1) is 5.82 Å². The molecule has 0 saturated carbocycles. The summed E-state index contributed by atoms with van der Waals surface area (Å²) in [5.74, 6) is -0.543. The summed E-state index contributed by atoms with van der Waals surface area (Å²) in [6.45, 7) is 1.83. The molecule has 0 radical (unpaired) electrons. The molecule has 0 spiro atoms. The van der Waals surface area contributed by atoms with Crippen LogP contribution in [-0.2, 0) is 13.0 Å². The second-order valence-electron chi connectivity index (χ2n) is 4.22. The van der Waals surface area contributed by atoms with Crippen LogP contribution in [0.2, 0.25) is 0 Å². The molecule has 3 N–H and O–H groups in total. The van der Waals surface area contributed by atoms with Crippen molar-refractivity contribution in [2.24, 2.45) is 0 Å². The maximum absolute atomic E-state index is 13.8. The van der Waals surface area contributed by atoms with Gasteiger partial charge in [0, 0.05) is 17.3 Å². The van der Waals surface area contributed by atoms with Crippen molar-refractivity contribution in [2.45, 2.75) is 19.9 Å². The zero-order chi connectivity index (χ0) is 14.0. The molecule has 0 fully saturated rings. The van der Waals surface area contributed by atoms with E-state index in [1.807, 2.05) is 0 Å². The molecule has 0 atom stereocenters. The van der Waals surface area contributed by atoms with E-state index in [9.17, 15) is 14.0 Å². The Bertz CT molecular complexity index is 719. The molecular formula is C13H14FN3O2. The molecule has 2 aromatic rings. The molecule has 1 heterocycles. The van der Waals surface area contributed by atoms with Gasteiger partial charge in [-0.3, -0.25) is 14.3 Å². The summed E-state index contributed by atoms with van der Waals surface area (Å²) in [4.78, 5) is 25.3. The summed E-state index contributed by atoms with van der Waals surface area (Å²) in [6, 6.07) is 4.62. The molecule has 0 aliphatic rings. The molecule has 2 rings (SSSR count). The largest absolute Gasteiger partial charge is 0.396 e. The Labute approximate surface area is 108 Å². The van der Waals surface area contributed by atoms with Crippen molar-refractivity contribution < 1.29 is 4.39 Å². The van der Waals surface area contributed by atoms with Gasteiger partial charge in [0.05, 0.1) is 12.2 Å². The first kappa shape index (κ1) is 13.1. The standard InChI is InChI=1S/C13H14FN3O2/c1-2-8-6-17(13(19)16-12(8)18)7-9-4-3-5-10(15)11(9)14/h3-6H,2,7,15H2,1H3,(H,16,18,19). The second-order valence-corrected chi connectivity index (χ2v) is 4.22. The Morgan fingerprint density at radius 2 is 2.05 bits per heavy atom. The Hall–Kier alpha value is -2.37. The molecule has 19 heavy (non-hydrogen) atoms. The van der Waals surface area contributed by atoms with Gasteiger partial charge < -0.3 is 5.73 Å². The van der Waals surface area contributed by atoms with Gasteiger partial charge in [0.15, 0.2) is 5.82 Å². The van der Waals surface area contributed by atoms with Gasteiger partial charge in [-0.05, 0) is 12.5 Å². The van der Waals surface area contributed by atoms with Gasteiger partial charge in [-0.2, -0.15) is 0 Å². The molecule has 0 amide bonds. The first-order valence-electron chi connectivity index (χ1n) is 5.88. The lowest BCUT2D eigenvalue weighted by molar-refractivity contribution is 0.595. The van der Waals surface area contributed by atoms with E-state index in [2.05, 4.69) is 4.98 Å². The maximum Gasteiger partial charge on any atom is 0.328 e. The van der Waals surface area contributed by atoms with Crippen molar-refractivity contribution >= 4 is 5.69 Å². The van der Waals surface area contributed by atoms with E-state index in [1.165, 1.54) is 16.8 Å². The predicted octanol–water partition coefficient (Wildman–Crippen LogP) is 0.869. The van der Waals surface area contributed by atoms with Crippen molar-refractivity contribution in [1.82, 2.24) is 9.55 Å². The van der Waals surface area contributed by atoms with Gasteiger partial charge >= 0.3 is 5.69 Å². The summed E-state index contributed by atoms with van der Waals surface area (Å²) in [7, 11) is 0. The molecule has 6 heteroatoms. The topological polar surface area (TPSA) is 80.9 Å². The first-order valence-corrected chi connectivity index (χ1v) is 5.88. The number of H-pyrrole nitrogens is 1. The van der Waals surface area contributed by atoms with Crippen LogP contribution in [0.3, 0.4) is 0 Å². The fourth-order valence-corrected chi connectivity index (χ4v) is 1.83. The number of hydrogen-bond donors (Lipinski definition) is 2. The Kier molecular flexibility index (Phi) is 3.50. The number of aromatic amines is 1. The number of benzene rings is 1. The average Bonchev–Trinajstić information content (AvgIpc) is 2.38. The highest BCUT2D eigenvalue weighted by molar-refractivity contribution is 5.42. The Morgan fingerprint density at radius 1 is 1.32 bits per heavy atom. The zero-order valence-electron chi connectivity index (χ0n) is 10.4. The molecular weight excluding hydrogens is 249 g/mol. The van der Waals surface area contributed by atoms with E-state index in [0.29, 0.717) is 17.5 Å². The molecule has 0 unspecified atom stereocenters. The minimum Gasteiger partial charge on any atom is -0.396 e. The number of nitrogens with two attached hydrogens (primary N) is 1. The van der Waals surface area contributed by atoms with E-state index in [1.54, 1.807) is 19.1 Å². The molecule has 1 aromatic heterocycles. The highest BCUT2D eigenvalue weighted by Gasteiger charge is 2.08. The van der Waals surface area contributed by atoms with Crippen molar-refractivity contribution in [3.8, 4) is 0 Å². The number of hydrogen-bond acceptors (Lipinski definition) is 3. The molecule has 1 aromatic carbocycles. The van der Waals surface area contributed by atoms with E-state index in [0.717, 1.165) is 0 Å². The van der Waals surface area contributed by atoms with Crippen LogP contribution >= 0.6 is 0 Å². The summed E-state index contributed by atoms with van der Waals surface area (Å²) >= 11 is 0. The zero-order valence-corrected chi connectivity index (χ0v) is 10.4. The smallest absolute Gasteiger partial charge is 0.328 e. The second kappa shape index (κ2) is 5.09. The third-order valence-electron chi connectivity index (χ3n) is 2.91. The lowest BCUT2D eigenvalue weighted by Gasteiger charge is -2.08. The number of halogens is 1. The monoisotopic (exact) mass is 263 g/mol. The quantitative estimate of drug-likeness (QED) is 0.806. The molecule has 100 valence electrons. The number of rotatable bonds is 3. The van der Waals surface area contributed by atoms with Gasteiger partial charge in [0.25, 0.3) is 5.56 Å². The van der Waals surface area contributed by atoms with Crippen molar-refractivity contribution in [3.05, 3.63) is 62.2 Å². The van der Waals surface area contributed by atoms with E-state index >= 15 is 0 Å². The third-order valence-corrected chi connectivity index (χ3v) is 2.91. The normalized spacial score (nSPS) is 10.6. The van der Waals surface area contributed by atoms with Crippen LogP contribution < -0.4 is 17.0 Å². The van der Waals surface area contributed by atoms with Crippen LogP contribution in [0.25, 0.3) is 0 Å². The fourth-order valence-electron chi connectivity index (χ4n) is 1.83. The summed E-state index contributed by atoms with van der Waals surface area (Å²) < 4.78 is 15.0. The van der Waals surface area contributed by atoms with Crippen molar-refractivity contribution in [1.29, 1.82) is 0 Å². The van der Waals surface area contributed by atoms with Crippen LogP contribution in [0.4, 0.5) is 10.1 Å². The van der Waals surface area contributed by atoms with Crippen LogP contribution in [0.5, 0.6) is 0 Å². The summed E-state index contributed by atoms with van der Waals surface area (Å²) in [6.07, 6.45) is 1.94. The molecule has 5 nitrogen and oxygen atoms in total. The van der Waals surface area contributed by atoms with Gasteiger partial charge in [-0.1, -0.05) is 19.1 Å². The number of nitrogens with zero attached hydrogens (tertiary/aromatic N) is 1. The lowest BCUT2D eigenvalue weighted by atomic mass is 10.2. The van der Waals surface area contributed by atoms with E-state index in [-0.39, 0.29) is 12.2 Å². The van der Waals surface area contributed by atoms with Crippen LogP contribution in [-0.4, -0.2) is 9.55 Å². The number of anilines is 1. The van der Waals surface area contributed by atoms with E-state index in [4.69, 9.17) is 5.73 Å². The highest BCUT2D eigenvalue weighted by Crippen LogP contribution is 2.15. The maximum atomic E-state index is 13.8. The minimum absolute atomic E-state index is 0.0273. The minimum atomic E-state index is -0.566. The molecule has 0 aliphatic heterocycles. The average molecular weight is 263 g/mol. The van der Waals surface area contributed by atoms with Crippen LogP contribution in [0.15, 0.2) is 34.0 Å². The first-order chi connectivity index (χ1) is 9.02. The van der Waals surface area contributed by atoms with Gasteiger partial charge in [0.2, 0.25) is 0 Å². The van der Waals surface area contributed by atoms with Crippen LogP contribution in [0.1, 0.15) is 18.1 Å². The van der Waals surface area contributed by atoms with Gasteiger partial charge in [-0.15, -0.1) is 0 Å². The van der Waals surface area contributed by atoms with Gasteiger partial charge in [0.1, 0.15) is 0 Å². The predicted molar refractivity (Wildman–Crippen MR) is 70.6 cm³/mol. The number of aromatic nitrogens is 2. The third kappa shape index (κ3) is 2.57. The van der Waals surface area contributed by atoms with Crippen molar-refractivity contribution in [3.63, 3.8) is 0 Å². The molecule has 0 saturated heterocycles. The number of nitrogen functional groups attached to an aromatic ring is 1. The van der Waals surface area contributed by atoms with E-state index < -0.39 is 17.1 Å². The van der Waals surface area contributed by atoms with Gasteiger partial charge in [-0.25, -0.2) is 9.18 Å². The number of aryl methyl sites for hydroxylation is 1. The Morgan fingerprint density at radius 3 is 2.74 bits per heavy atom. The Balaban J connectivity index is 2.47. The SMILES string of the molecule is CCc1cn(Cc2cccc(N)c2F)c(=O)[nH]c1=O. The molecule has 0 bridgehead atoms. The number of nitrogens with one attached hydrogen (secondary N) is 1. The fraction of sp³-hybridized carbons (Fsp3) is 0.231.